The summed E-state index contributed by atoms with van der Waals surface area (Å²) >= 11 is 0. The highest BCUT2D eigenvalue weighted by Gasteiger charge is 2.31. The lowest BCUT2D eigenvalue weighted by Crippen LogP contribution is -2.54. The lowest BCUT2D eigenvalue weighted by Gasteiger charge is -2.34. The second-order valence-electron chi connectivity index (χ2n) is 5.88. The molecule has 2 unspecified atom stereocenters. The molecule has 1 aliphatic carbocycles. The fraction of sp³-hybridized carbons (Fsp3) is 0.765. The maximum absolute atomic E-state index is 6.43. The SMILES string of the molecule is CCCCC1(N)C=C(OCCCN(CC)CC)C=CC1N. The molecule has 0 aromatic rings. The number of hydrogen-bond acceptors (Lipinski definition) is 4. The first-order valence-electron chi connectivity index (χ1n) is 8.36. The van der Waals surface area contributed by atoms with Gasteiger partial charge in [-0.3, -0.25) is 0 Å². The van der Waals surface area contributed by atoms with Gasteiger partial charge in [-0.05, 0) is 38.1 Å². The number of unbranched alkanes of at least 4 members (excludes halogenated alkanes) is 1. The molecular weight excluding hydrogens is 262 g/mol. The lowest BCUT2D eigenvalue weighted by atomic mass is 9.83. The molecule has 0 aliphatic heterocycles. The van der Waals surface area contributed by atoms with E-state index < -0.39 is 5.54 Å². The fourth-order valence-corrected chi connectivity index (χ4v) is 2.62. The van der Waals surface area contributed by atoms with E-state index in [1.165, 1.54) is 0 Å². The molecule has 122 valence electrons. The van der Waals surface area contributed by atoms with Crippen molar-refractivity contribution < 1.29 is 4.74 Å². The van der Waals surface area contributed by atoms with E-state index in [4.69, 9.17) is 16.2 Å². The molecule has 0 saturated carbocycles. The fourth-order valence-electron chi connectivity index (χ4n) is 2.62. The Hall–Kier alpha value is -0.840. The molecule has 1 aliphatic rings. The minimum Gasteiger partial charge on any atom is -0.494 e. The minimum absolute atomic E-state index is 0.118. The molecule has 0 bridgehead atoms. The van der Waals surface area contributed by atoms with Gasteiger partial charge in [0.1, 0.15) is 5.76 Å². The van der Waals surface area contributed by atoms with E-state index in [1.54, 1.807) is 0 Å². The van der Waals surface area contributed by atoms with E-state index >= 15 is 0 Å². The van der Waals surface area contributed by atoms with Crippen LogP contribution in [0.3, 0.4) is 0 Å². The summed E-state index contributed by atoms with van der Waals surface area (Å²) in [6, 6.07) is -0.118. The molecule has 0 heterocycles. The molecule has 0 fully saturated rings. The number of ether oxygens (including phenoxy) is 1. The molecule has 0 amide bonds. The van der Waals surface area contributed by atoms with E-state index in [2.05, 4.69) is 25.7 Å². The van der Waals surface area contributed by atoms with Gasteiger partial charge in [0.25, 0.3) is 0 Å². The summed E-state index contributed by atoms with van der Waals surface area (Å²) in [7, 11) is 0. The topological polar surface area (TPSA) is 64.5 Å². The summed E-state index contributed by atoms with van der Waals surface area (Å²) in [4.78, 5) is 2.40. The van der Waals surface area contributed by atoms with E-state index in [9.17, 15) is 0 Å². The zero-order valence-electron chi connectivity index (χ0n) is 14.0. The van der Waals surface area contributed by atoms with Crippen LogP contribution in [-0.2, 0) is 4.74 Å². The van der Waals surface area contributed by atoms with Crippen LogP contribution in [-0.4, -0.2) is 42.7 Å². The van der Waals surface area contributed by atoms with Gasteiger partial charge in [0.15, 0.2) is 0 Å². The van der Waals surface area contributed by atoms with Gasteiger partial charge in [-0.1, -0.05) is 39.7 Å². The number of hydrogen-bond donors (Lipinski definition) is 2. The second kappa shape index (κ2) is 9.23. The first kappa shape index (κ1) is 18.2. The number of allylic oxidation sites excluding steroid dienone is 1. The van der Waals surface area contributed by atoms with Gasteiger partial charge in [-0.25, -0.2) is 0 Å². The number of nitrogens with two attached hydrogens (primary N) is 2. The van der Waals surface area contributed by atoms with Crippen LogP contribution in [0.1, 0.15) is 46.5 Å². The van der Waals surface area contributed by atoms with Crippen molar-refractivity contribution in [2.45, 2.75) is 58.0 Å². The summed E-state index contributed by atoms with van der Waals surface area (Å²) in [5, 5.41) is 0. The maximum atomic E-state index is 6.43. The molecule has 1 rings (SSSR count). The molecule has 0 radical (unpaired) electrons. The van der Waals surface area contributed by atoms with Gasteiger partial charge in [-0.2, -0.15) is 0 Å². The van der Waals surface area contributed by atoms with E-state index in [-0.39, 0.29) is 6.04 Å². The smallest absolute Gasteiger partial charge is 0.116 e. The Kier molecular flexibility index (Phi) is 8.01. The van der Waals surface area contributed by atoms with Crippen molar-refractivity contribution in [2.75, 3.05) is 26.2 Å². The Morgan fingerprint density at radius 2 is 1.95 bits per heavy atom. The first-order valence-corrected chi connectivity index (χ1v) is 8.36. The predicted octanol–water partition coefficient (Wildman–Crippen LogP) is 2.40. The third kappa shape index (κ3) is 5.81. The molecular formula is C17H33N3O. The van der Waals surface area contributed by atoms with Crippen molar-refractivity contribution in [1.82, 2.24) is 4.90 Å². The Morgan fingerprint density at radius 3 is 2.57 bits per heavy atom. The first-order chi connectivity index (χ1) is 10.1. The zero-order chi connectivity index (χ0) is 15.7. The third-order valence-electron chi connectivity index (χ3n) is 4.24. The van der Waals surface area contributed by atoms with E-state index in [1.807, 2.05) is 18.2 Å². The van der Waals surface area contributed by atoms with Gasteiger partial charge in [0, 0.05) is 12.6 Å². The standard InChI is InChI=1S/C17H33N3O/c1-4-7-11-17(19)14-15(9-10-16(17)18)21-13-8-12-20(5-2)6-3/h9-10,14,16H,4-8,11-13,18-19H2,1-3H3. The third-order valence-corrected chi connectivity index (χ3v) is 4.24. The van der Waals surface area contributed by atoms with E-state index in [0.717, 1.165) is 57.7 Å². The van der Waals surface area contributed by atoms with Crippen molar-refractivity contribution in [3.8, 4) is 0 Å². The lowest BCUT2D eigenvalue weighted by molar-refractivity contribution is 0.190. The van der Waals surface area contributed by atoms with Gasteiger partial charge in [-0.15, -0.1) is 0 Å². The van der Waals surface area contributed by atoms with Crippen molar-refractivity contribution in [1.29, 1.82) is 0 Å². The largest absolute Gasteiger partial charge is 0.494 e. The molecule has 4 heteroatoms. The second-order valence-corrected chi connectivity index (χ2v) is 5.88. The highest BCUT2D eigenvalue weighted by atomic mass is 16.5. The highest BCUT2D eigenvalue weighted by molar-refractivity contribution is 5.30. The van der Waals surface area contributed by atoms with Crippen LogP contribution in [0.5, 0.6) is 0 Å². The van der Waals surface area contributed by atoms with Crippen LogP contribution in [0.15, 0.2) is 24.0 Å². The molecule has 0 saturated heterocycles. The molecule has 0 spiro atoms. The minimum atomic E-state index is -0.459. The molecule has 4 N–H and O–H groups in total. The Bertz CT molecular complexity index is 350. The maximum Gasteiger partial charge on any atom is 0.116 e. The van der Waals surface area contributed by atoms with Crippen molar-refractivity contribution in [3.63, 3.8) is 0 Å². The molecule has 0 aromatic heterocycles. The van der Waals surface area contributed by atoms with Gasteiger partial charge >= 0.3 is 0 Å². The van der Waals surface area contributed by atoms with Crippen LogP contribution in [0.2, 0.25) is 0 Å². The average molecular weight is 295 g/mol. The highest BCUT2D eigenvalue weighted by Crippen LogP contribution is 2.24. The normalized spacial score (nSPS) is 25.2. The molecule has 21 heavy (non-hydrogen) atoms. The monoisotopic (exact) mass is 295 g/mol. The quantitative estimate of drug-likeness (QED) is 0.607. The summed E-state index contributed by atoms with van der Waals surface area (Å²) in [5.41, 5.74) is 12.1. The Labute approximate surface area is 130 Å². The Morgan fingerprint density at radius 1 is 1.24 bits per heavy atom. The van der Waals surface area contributed by atoms with E-state index in [0.29, 0.717) is 0 Å². The van der Waals surface area contributed by atoms with Crippen LogP contribution < -0.4 is 11.5 Å². The molecule has 0 aromatic carbocycles. The van der Waals surface area contributed by atoms with Gasteiger partial charge in [0.2, 0.25) is 0 Å². The van der Waals surface area contributed by atoms with Crippen LogP contribution in [0.4, 0.5) is 0 Å². The van der Waals surface area contributed by atoms with Crippen LogP contribution >= 0.6 is 0 Å². The summed E-state index contributed by atoms with van der Waals surface area (Å²) < 4.78 is 5.86. The van der Waals surface area contributed by atoms with Crippen molar-refractivity contribution in [2.24, 2.45) is 11.5 Å². The number of nitrogens with zero attached hydrogens (tertiary/aromatic N) is 1. The molecule has 4 nitrogen and oxygen atoms in total. The number of rotatable bonds is 10. The molecule has 2 atom stereocenters. The predicted molar refractivity (Wildman–Crippen MR) is 90.0 cm³/mol. The van der Waals surface area contributed by atoms with Crippen molar-refractivity contribution >= 4 is 0 Å². The summed E-state index contributed by atoms with van der Waals surface area (Å²) in [5.74, 6) is 0.870. The van der Waals surface area contributed by atoms with Gasteiger partial charge < -0.3 is 21.1 Å². The summed E-state index contributed by atoms with van der Waals surface area (Å²) in [6.45, 7) is 10.5. The average Bonchev–Trinajstić information content (AvgIpc) is 2.49. The van der Waals surface area contributed by atoms with Crippen molar-refractivity contribution in [3.05, 3.63) is 24.0 Å². The van der Waals surface area contributed by atoms with Gasteiger partial charge in [0.05, 0.1) is 12.1 Å². The van der Waals surface area contributed by atoms with Crippen LogP contribution in [0, 0.1) is 0 Å². The summed E-state index contributed by atoms with van der Waals surface area (Å²) in [6.07, 6.45) is 10.1. The zero-order valence-corrected chi connectivity index (χ0v) is 14.0. The Balaban J connectivity index is 2.43. The van der Waals surface area contributed by atoms with Crippen LogP contribution in [0.25, 0.3) is 0 Å².